The molecule has 1 aliphatic heterocycles. The van der Waals surface area contributed by atoms with Crippen LogP contribution in [0, 0.1) is 6.92 Å². The predicted molar refractivity (Wildman–Crippen MR) is 76.7 cm³/mol. The predicted octanol–water partition coefficient (Wildman–Crippen LogP) is 2.39. The van der Waals surface area contributed by atoms with Gasteiger partial charge in [-0.2, -0.15) is 0 Å². The summed E-state index contributed by atoms with van der Waals surface area (Å²) in [6.45, 7) is 4.40. The molecular weight excluding hydrogens is 280 g/mol. The molecule has 0 unspecified atom stereocenters. The van der Waals surface area contributed by atoms with E-state index in [4.69, 9.17) is 0 Å². The van der Waals surface area contributed by atoms with Crippen LogP contribution in [0.3, 0.4) is 0 Å². The molecule has 4 nitrogen and oxygen atoms in total. The fourth-order valence-electron chi connectivity index (χ4n) is 2.16. The summed E-state index contributed by atoms with van der Waals surface area (Å²) in [6, 6.07) is 3.98. The normalized spacial score (nSPS) is 17.3. The molecule has 100 valence electrons. The summed E-state index contributed by atoms with van der Waals surface area (Å²) in [5, 5.41) is 12.6. The molecule has 1 amide bonds. The molecule has 0 bridgehead atoms. The average Bonchev–Trinajstić information content (AvgIpc) is 2.93. The summed E-state index contributed by atoms with van der Waals surface area (Å²) in [7, 11) is 0. The van der Waals surface area contributed by atoms with Crippen molar-refractivity contribution in [2.75, 3.05) is 13.1 Å². The first kappa shape index (κ1) is 12.8. The van der Waals surface area contributed by atoms with Crippen LogP contribution < -0.4 is 0 Å². The number of β-amino-alcohol motifs (C(OH)–C–C–N with tert-alkyl or cyclic N) is 1. The van der Waals surface area contributed by atoms with Crippen molar-refractivity contribution in [1.82, 2.24) is 9.88 Å². The number of carbonyl (C=O) groups excluding carboxylic acids is 1. The summed E-state index contributed by atoms with van der Waals surface area (Å²) in [6.07, 6.45) is 0. The number of aryl methyl sites for hydroxylation is 1. The maximum absolute atomic E-state index is 12.3. The quantitative estimate of drug-likeness (QED) is 0.925. The molecule has 19 heavy (non-hydrogen) atoms. The first-order valence-electron chi connectivity index (χ1n) is 5.99. The number of likely N-dealkylation sites (tertiary alicyclic amines) is 1. The van der Waals surface area contributed by atoms with Crippen molar-refractivity contribution in [3.63, 3.8) is 0 Å². The molecule has 1 N–H and O–H groups in total. The van der Waals surface area contributed by atoms with E-state index >= 15 is 0 Å². The molecule has 6 heteroatoms. The van der Waals surface area contributed by atoms with E-state index in [1.165, 1.54) is 11.3 Å². The number of nitrogens with zero attached hydrogens (tertiary/aromatic N) is 2. The van der Waals surface area contributed by atoms with Gasteiger partial charge in [0.1, 0.15) is 9.88 Å². The number of carbonyl (C=O) groups is 1. The summed E-state index contributed by atoms with van der Waals surface area (Å²) >= 11 is 3.05. The fourth-order valence-corrected chi connectivity index (χ4v) is 3.99. The summed E-state index contributed by atoms with van der Waals surface area (Å²) in [4.78, 5) is 20.2. The minimum atomic E-state index is -0.731. The van der Waals surface area contributed by atoms with E-state index in [-0.39, 0.29) is 5.91 Å². The maximum Gasteiger partial charge on any atom is 0.266 e. The number of amides is 1. The number of hydrogen-bond donors (Lipinski definition) is 1. The van der Waals surface area contributed by atoms with Gasteiger partial charge in [0.05, 0.1) is 29.3 Å². The van der Waals surface area contributed by atoms with E-state index in [0.29, 0.717) is 18.0 Å². The molecule has 1 fully saturated rings. The summed E-state index contributed by atoms with van der Waals surface area (Å²) in [5.41, 5.74) is 0.0372. The fraction of sp³-hybridized carbons (Fsp3) is 0.385. The lowest BCUT2D eigenvalue weighted by atomic mass is 9.97. The van der Waals surface area contributed by atoms with Crippen molar-refractivity contribution in [3.05, 3.63) is 28.1 Å². The monoisotopic (exact) mass is 294 g/mol. The third kappa shape index (κ3) is 2.31. The van der Waals surface area contributed by atoms with Crippen molar-refractivity contribution in [1.29, 1.82) is 0 Å². The highest BCUT2D eigenvalue weighted by Crippen LogP contribution is 2.33. The number of thiazole rings is 1. The lowest BCUT2D eigenvalue weighted by molar-refractivity contribution is -0.0667. The molecule has 1 saturated heterocycles. The molecule has 2 aromatic rings. The van der Waals surface area contributed by atoms with E-state index in [1.54, 1.807) is 23.2 Å². The van der Waals surface area contributed by atoms with Crippen molar-refractivity contribution in [3.8, 4) is 9.88 Å². The lowest BCUT2D eigenvalue weighted by Crippen LogP contribution is -2.61. The smallest absolute Gasteiger partial charge is 0.266 e. The van der Waals surface area contributed by atoms with Gasteiger partial charge in [-0.15, -0.1) is 22.7 Å². The zero-order valence-electron chi connectivity index (χ0n) is 10.7. The van der Waals surface area contributed by atoms with Crippen LogP contribution in [0.2, 0.25) is 0 Å². The third-order valence-electron chi connectivity index (χ3n) is 3.07. The van der Waals surface area contributed by atoms with Crippen LogP contribution >= 0.6 is 22.7 Å². The van der Waals surface area contributed by atoms with E-state index in [1.807, 2.05) is 24.4 Å². The Hall–Kier alpha value is -1.24. The number of thiophene rings is 1. The highest BCUT2D eigenvalue weighted by molar-refractivity contribution is 7.22. The van der Waals surface area contributed by atoms with Crippen LogP contribution in [0.25, 0.3) is 9.88 Å². The lowest BCUT2D eigenvalue weighted by Gasteiger charge is -2.43. The maximum atomic E-state index is 12.3. The molecule has 0 aliphatic carbocycles. The largest absolute Gasteiger partial charge is 0.386 e. The molecule has 3 rings (SSSR count). The summed E-state index contributed by atoms with van der Waals surface area (Å²) < 4.78 is 0. The number of rotatable bonds is 2. The van der Waals surface area contributed by atoms with Crippen LogP contribution in [0.1, 0.15) is 22.3 Å². The minimum absolute atomic E-state index is 0.0238. The Labute approximate surface area is 119 Å². The van der Waals surface area contributed by atoms with Gasteiger partial charge in [-0.1, -0.05) is 6.07 Å². The van der Waals surface area contributed by atoms with Gasteiger partial charge in [0.25, 0.3) is 5.91 Å². The van der Waals surface area contributed by atoms with Gasteiger partial charge in [-0.25, -0.2) is 4.98 Å². The Morgan fingerprint density at radius 3 is 2.84 bits per heavy atom. The second kappa shape index (κ2) is 4.40. The first-order valence-corrected chi connectivity index (χ1v) is 7.69. The highest BCUT2D eigenvalue weighted by Gasteiger charge is 2.40. The number of aromatic nitrogens is 1. The van der Waals surface area contributed by atoms with Crippen LogP contribution in [-0.4, -0.2) is 39.6 Å². The third-order valence-corrected chi connectivity index (χ3v) is 5.26. The summed E-state index contributed by atoms with van der Waals surface area (Å²) in [5.74, 6) is -0.0238. The van der Waals surface area contributed by atoms with Crippen molar-refractivity contribution in [2.45, 2.75) is 19.4 Å². The molecule has 3 heterocycles. The van der Waals surface area contributed by atoms with E-state index < -0.39 is 5.60 Å². The van der Waals surface area contributed by atoms with Crippen molar-refractivity contribution in [2.24, 2.45) is 0 Å². The Kier molecular flexibility index (Phi) is 2.96. The van der Waals surface area contributed by atoms with Crippen molar-refractivity contribution >= 4 is 28.6 Å². The number of hydrogen-bond acceptors (Lipinski definition) is 5. The Balaban J connectivity index is 1.84. The van der Waals surface area contributed by atoms with Crippen LogP contribution in [0.5, 0.6) is 0 Å². The zero-order chi connectivity index (χ0) is 13.6. The first-order chi connectivity index (χ1) is 8.96. The van der Waals surface area contributed by atoms with Crippen molar-refractivity contribution < 1.29 is 9.90 Å². The molecule has 0 aromatic carbocycles. The van der Waals surface area contributed by atoms with Gasteiger partial charge in [0, 0.05) is 0 Å². The second-order valence-electron chi connectivity index (χ2n) is 5.07. The molecule has 0 saturated carbocycles. The number of aliphatic hydroxyl groups is 1. The molecule has 0 radical (unpaired) electrons. The zero-order valence-corrected chi connectivity index (χ0v) is 12.3. The molecule has 1 aliphatic rings. The topological polar surface area (TPSA) is 53.4 Å². The minimum Gasteiger partial charge on any atom is -0.386 e. The SMILES string of the molecule is Cc1nc(-c2cccs2)sc1C(=O)N1CC(C)(O)C1. The van der Waals surface area contributed by atoms with Crippen LogP contribution in [-0.2, 0) is 0 Å². The molecule has 0 atom stereocenters. The van der Waals surface area contributed by atoms with Crippen LogP contribution in [0.4, 0.5) is 0 Å². The Bertz CT molecular complexity index is 609. The van der Waals surface area contributed by atoms with Gasteiger partial charge < -0.3 is 10.0 Å². The van der Waals surface area contributed by atoms with Gasteiger partial charge in [0.2, 0.25) is 0 Å². The average molecular weight is 294 g/mol. The molecule has 2 aromatic heterocycles. The Morgan fingerprint density at radius 2 is 2.26 bits per heavy atom. The van der Waals surface area contributed by atoms with Crippen LogP contribution in [0.15, 0.2) is 17.5 Å². The van der Waals surface area contributed by atoms with E-state index in [9.17, 15) is 9.90 Å². The Morgan fingerprint density at radius 1 is 1.53 bits per heavy atom. The standard InChI is InChI=1S/C13H14N2O2S2/c1-8-10(12(16)15-6-13(2,17)7-15)19-11(14-8)9-4-3-5-18-9/h3-5,17H,6-7H2,1-2H3. The van der Waals surface area contributed by atoms with Gasteiger partial charge in [-0.3, -0.25) is 4.79 Å². The van der Waals surface area contributed by atoms with E-state index in [2.05, 4.69) is 4.98 Å². The van der Waals surface area contributed by atoms with Gasteiger partial charge in [0.15, 0.2) is 0 Å². The van der Waals surface area contributed by atoms with Gasteiger partial charge >= 0.3 is 0 Å². The second-order valence-corrected chi connectivity index (χ2v) is 7.02. The van der Waals surface area contributed by atoms with E-state index in [0.717, 1.165) is 15.6 Å². The van der Waals surface area contributed by atoms with Gasteiger partial charge in [-0.05, 0) is 25.3 Å². The molecule has 0 spiro atoms. The highest BCUT2D eigenvalue weighted by atomic mass is 32.1. The molecular formula is C13H14N2O2S2.